The molecule has 0 aromatic carbocycles. The van der Waals surface area contributed by atoms with Gasteiger partial charge in [0.25, 0.3) is 0 Å². The van der Waals surface area contributed by atoms with E-state index in [0.717, 1.165) is 68.1 Å². The SMILES string of the molecule is CCSc1nc(NCCN2CCOCC2)c2sc3c(c2n1)COC(C)(C)C3. The van der Waals surface area contributed by atoms with E-state index in [2.05, 4.69) is 31.0 Å². The molecule has 0 aliphatic carbocycles. The summed E-state index contributed by atoms with van der Waals surface area (Å²) < 4.78 is 12.7. The quantitative estimate of drug-likeness (QED) is 0.581. The minimum absolute atomic E-state index is 0.105. The second-order valence-corrected chi connectivity index (χ2v) is 9.91. The summed E-state index contributed by atoms with van der Waals surface area (Å²) in [6, 6.07) is 0. The van der Waals surface area contributed by atoms with E-state index in [1.54, 1.807) is 11.8 Å². The van der Waals surface area contributed by atoms with Gasteiger partial charge in [0.15, 0.2) is 5.16 Å². The zero-order valence-corrected chi connectivity index (χ0v) is 18.0. The number of morpholine rings is 1. The zero-order chi connectivity index (χ0) is 18.9. The number of thiophene rings is 1. The van der Waals surface area contributed by atoms with Gasteiger partial charge in [-0.1, -0.05) is 18.7 Å². The Bertz CT molecular complexity index is 803. The standard InChI is InChI=1S/C19H28N4O2S2/c1-4-26-18-21-15-13-12-25-19(2,3)11-14(13)27-16(15)17(22-18)20-5-6-23-7-9-24-10-8-23/h4-12H2,1-3H3,(H,20,21,22). The molecule has 2 aromatic heterocycles. The summed E-state index contributed by atoms with van der Waals surface area (Å²) in [5.41, 5.74) is 2.22. The molecular formula is C19H28N4O2S2. The predicted octanol–water partition coefficient (Wildman–Crippen LogP) is 3.40. The lowest BCUT2D eigenvalue weighted by Gasteiger charge is -2.29. The summed E-state index contributed by atoms with van der Waals surface area (Å²) in [6.45, 7) is 12.7. The molecule has 1 fully saturated rings. The average Bonchev–Trinajstić information content (AvgIpc) is 2.99. The Morgan fingerprint density at radius 3 is 2.85 bits per heavy atom. The Kier molecular flexibility index (Phi) is 5.89. The van der Waals surface area contributed by atoms with E-state index in [-0.39, 0.29) is 5.60 Å². The van der Waals surface area contributed by atoms with Crippen molar-refractivity contribution in [2.45, 2.75) is 44.6 Å². The first-order valence-corrected chi connectivity index (χ1v) is 11.5. The van der Waals surface area contributed by atoms with Gasteiger partial charge in [-0.3, -0.25) is 4.90 Å². The summed E-state index contributed by atoms with van der Waals surface area (Å²) in [7, 11) is 0. The summed E-state index contributed by atoms with van der Waals surface area (Å²) >= 11 is 3.53. The predicted molar refractivity (Wildman–Crippen MR) is 112 cm³/mol. The third-order valence-corrected chi connectivity index (χ3v) is 6.94. The number of nitrogens with zero attached hydrogens (tertiary/aromatic N) is 3. The highest BCUT2D eigenvalue weighted by atomic mass is 32.2. The van der Waals surface area contributed by atoms with Crippen molar-refractivity contribution in [3.05, 3.63) is 10.4 Å². The van der Waals surface area contributed by atoms with Gasteiger partial charge in [-0.2, -0.15) is 0 Å². The smallest absolute Gasteiger partial charge is 0.190 e. The second kappa shape index (κ2) is 8.21. The van der Waals surface area contributed by atoms with Gasteiger partial charge in [-0.15, -0.1) is 11.3 Å². The largest absolute Gasteiger partial charge is 0.379 e. The number of hydrogen-bond acceptors (Lipinski definition) is 8. The number of fused-ring (bicyclic) bond motifs is 3. The maximum atomic E-state index is 6.06. The monoisotopic (exact) mass is 408 g/mol. The highest BCUT2D eigenvalue weighted by Gasteiger charge is 2.30. The van der Waals surface area contributed by atoms with Crippen LogP contribution < -0.4 is 5.32 Å². The molecule has 2 aliphatic heterocycles. The number of nitrogens with one attached hydrogen (secondary N) is 1. The maximum absolute atomic E-state index is 6.06. The molecule has 1 N–H and O–H groups in total. The molecular weight excluding hydrogens is 380 g/mol. The molecule has 0 spiro atoms. The van der Waals surface area contributed by atoms with Crippen LogP contribution in [0.25, 0.3) is 10.2 Å². The van der Waals surface area contributed by atoms with Crippen LogP contribution in [0.1, 0.15) is 31.2 Å². The second-order valence-electron chi connectivity index (χ2n) is 7.58. The van der Waals surface area contributed by atoms with Crippen molar-refractivity contribution >= 4 is 39.1 Å². The topological polar surface area (TPSA) is 59.5 Å². The molecule has 1 saturated heterocycles. The van der Waals surface area contributed by atoms with Crippen LogP contribution in [0, 0.1) is 0 Å². The molecule has 2 aliphatic rings. The molecule has 6 nitrogen and oxygen atoms in total. The molecule has 0 amide bonds. The van der Waals surface area contributed by atoms with Gasteiger partial charge in [0, 0.05) is 43.0 Å². The highest BCUT2D eigenvalue weighted by molar-refractivity contribution is 7.99. The lowest BCUT2D eigenvalue weighted by atomic mass is 9.98. The summed E-state index contributed by atoms with van der Waals surface area (Å²) in [6.07, 6.45) is 0.937. The van der Waals surface area contributed by atoms with Gasteiger partial charge in [0.1, 0.15) is 5.82 Å². The van der Waals surface area contributed by atoms with Crippen molar-refractivity contribution in [2.75, 3.05) is 50.5 Å². The molecule has 2 aromatic rings. The van der Waals surface area contributed by atoms with E-state index < -0.39 is 0 Å². The lowest BCUT2D eigenvalue weighted by Crippen LogP contribution is -2.39. The van der Waals surface area contributed by atoms with Crippen molar-refractivity contribution < 1.29 is 9.47 Å². The van der Waals surface area contributed by atoms with Crippen LogP contribution in [-0.2, 0) is 22.5 Å². The molecule has 0 unspecified atom stereocenters. The molecule has 4 rings (SSSR count). The Morgan fingerprint density at radius 2 is 2.07 bits per heavy atom. The fourth-order valence-electron chi connectivity index (χ4n) is 3.52. The zero-order valence-electron chi connectivity index (χ0n) is 16.3. The first-order chi connectivity index (χ1) is 13.1. The van der Waals surface area contributed by atoms with Crippen molar-refractivity contribution in [1.82, 2.24) is 14.9 Å². The number of rotatable bonds is 6. The molecule has 148 valence electrons. The number of hydrogen-bond donors (Lipinski definition) is 1. The maximum Gasteiger partial charge on any atom is 0.190 e. The first-order valence-electron chi connectivity index (χ1n) is 9.69. The fourth-order valence-corrected chi connectivity index (χ4v) is 5.51. The van der Waals surface area contributed by atoms with Crippen LogP contribution in [0.4, 0.5) is 5.82 Å². The number of aromatic nitrogens is 2. The Balaban J connectivity index is 1.59. The van der Waals surface area contributed by atoms with Crippen LogP contribution in [0.3, 0.4) is 0 Å². The molecule has 0 bridgehead atoms. The molecule has 8 heteroatoms. The van der Waals surface area contributed by atoms with Gasteiger partial charge in [0.2, 0.25) is 0 Å². The Labute approximate surface area is 169 Å². The van der Waals surface area contributed by atoms with Crippen LogP contribution in [0.5, 0.6) is 0 Å². The molecule has 4 heterocycles. The van der Waals surface area contributed by atoms with E-state index in [1.165, 1.54) is 15.1 Å². The Morgan fingerprint density at radius 1 is 1.26 bits per heavy atom. The summed E-state index contributed by atoms with van der Waals surface area (Å²) in [5, 5.41) is 4.44. The van der Waals surface area contributed by atoms with E-state index in [0.29, 0.717) is 6.61 Å². The third-order valence-electron chi connectivity index (χ3n) is 4.98. The number of thioether (sulfide) groups is 1. The normalized spacial score (nSPS) is 20.0. The third kappa shape index (κ3) is 4.40. The van der Waals surface area contributed by atoms with Crippen LogP contribution >= 0.6 is 23.1 Å². The van der Waals surface area contributed by atoms with Crippen LogP contribution in [0.2, 0.25) is 0 Å². The van der Waals surface area contributed by atoms with Crippen LogP contribution in [-0.4, -0.2) is 65.6 Å². The van der Waals surface area contributed by atoms with Crippen molar-refractivity contribution in [2.24, 2.45) is 0 Å². The van der Waals surface area contributed by atoms with Crippen molar-refractivity contribution in [3.63, 3.8) is 0 Å². The number of ether oxygens (including phenoxy) is 2. The van der Waals surface area contributed by atoms with Crippen molar-refractivity contribution in [3.8, 4) is 0 Å². The number of anilines is 1. The Hall–Kier alpha value is -0.930. The van der Waals surface area contributed by atoms with Gasteiger partial charge in [-0.05, 0) is 19.6 Å². The lowest BCUT2D eigenvalue weighted by molar-refractivity contribution is -0.0383. The van der Waals surface area contributed by atoms with Gasteiger partial charge < -0.3 is 14.8 Å². The van der Waals surface area contributed by atoms with Gasteiger partial charge in [0.05, 0.1) is 35.6 Å². The molecule has 0 atom stereocenters. The van der Waals surface area contributed by atoms with Crippen LogP contribution in [0.15, 0.2) is 5.16 Å². The summed E-state index contributed by atoms with van der Waals surface area (Å²) in [5.74, 6) is 1.94. The first kappa shape index (κ1) is 19.4. The van der Waals surface area contributed by atoms with E-state index in [9.17, 15) is 0 Å². The van der Waals surface area contributed by atoms with Crippen molar-refractivity contribution in [1.29, 1.82) is 0 Å². The minimum Gasteiger partial charge on any atom is -0.379 e. The fraction of sp³-hybridized carbons (Fsp3) is 0.684. The summed E-state index contributed by atoms with van der Waals surface area (Å²) in [4.78, 5) is 13.5. The van der Waals surface area contributed by atoms with Gasteiger partial charge in [-0.25, -0.2) is 9.97 Å². The molecule has 27 heavy (non-hydrogen) atoms. The minimum atomic E-state index is -0.105. The highest BCUT2D eigenvalue weighted by Crippen LogP contribution is 2.41. The van der Waals surface area contributed by atoms with E-state index >= 15 is 0 Å². The van der Waals surface area contributed by atoms with E-state index in [4.69, 9.17) is 19.4 Å². The van der Waals surface area contributed by atoms with E-state index in [1.807, 2.05) is 11.3 Å². The average molecular weight is 409 g/mol. The molecule has 0 radical (unpaired) electrons. The van der Waals surface area contributed by atoms with Gasteiger partial charge >= 0.3 is 0 Å². The molecule has 0 saturated carbocycles.